The van der Waals surface area contributed by atoms with Crippen molar-refractivity contribution in [1.82, 2.24) is 4.90 Å². The number of carbonyl (C=O) groups excluding carboxylic acids is 1. The van der Waals surface area contributed by atoms with Gasteiger partial charge in [0.05, 0.1) is 42.5 Å². The smallest absolute Gasteiger partial charge is 0.262 e. The van der Waals surface area contributed by atoms with E-state index in [9.17, 15) is 13.2 Å². The number of anilines is 1. The molecule has 2 aromatic carbocycles. The van der Waals surface area contributed by atoms with Gasteiger partial charge in [-0.1, -0.05) is 11.6 Å². The number of carbonyl (C=O) groups is 1. The molecule has 10 heteroatoms. The fourth-order valence-electron chi connectivity index (χ4n) is 3.26. The van der Waals surface area contributed by atoms with Gasteiger partial charge in [0.25, 0.3) is 15.9 Å². The van der Waals surface area contributed by atoms with E-state index in [4.69, 9.17) is 25.8 Å². The van der Waals surface area contributed by atoms with Gasteiger partial charge in [-0.25, -0.2) is 8.42 Å². The van der Waals surface area contributed by atoms with E-state index in [1.807, 2.05) is 0 Å². The Hall–Kier alpha value is -2.65. The first-order chi connectivity index (χ1) is 14.3. The summed E-state index contributed by atoms with van der Waals surface area (Å²) >= 11 is 6.08. The van der Waals surface area contributed by atoms with E-state index < -0.39 is 10.0 Å². The third kappa shape index (κ3) is 4.41. The minimum atomic E-state index is -4.04. The number of hydrogen-bond donors (Lipinski definition) is 1. The van der Waals surface area contributed by atoms with Crippen LogP contribution >= 0.6 is 11.6 Å². The van der Waals surface area contributed by atoms with E-state index >= 15 is 0 Å². The van der Waals surface area contributed by atoms with Gasteiger partial charge in [-0.05, 0) is 31.0 Å². The van der Waals surface area contributed by atoms with E-state index in [0.717, 1.165) is 12.8 Å². The van der Waals surface area contributed by atoms with Gasteiger partial charge in [-0.3, -0.25) is 9.52 Å². The van der Waals surface area contributed by atoms with Crippen LogP contribution in [0.25, 0.3) is 0 Å². The van der Waals surface area contributed by atoms with Gasteiger partial charge in [-0.15, -0.1) is 0 Å². The molecule has 0 aliphatic carbocycles. The minimum absolute atomic E-state index is 0.0817. The Kier molecular flexibility index (Phi) is 6.62. The Morgan fingerprint density at radius 3 is 2.20 bits per heavy atom. The Bertz CT molecular complexity index is 1050. The largest absolute Gasteiger partial charge is 0.496 e. The van der Waals surface area contributed by atoms with Crippen molar-refractivity contribution in [3.8, 4) is 17.2 Å². The van der Waals surface area contributed by atoms with Gasteiger partial charge in [0, 0.05) is 25.2 Å². The Labute approximate surface area is 180 Å². The molecule has 0 atom stereocenters. The van der Waals surface area contributed by atoms with E-state index in [1.54, 1.807) is 4.90 Å². The highest BCUT2D eigenvalue weighted by molar-refractivity contribution is 7.92. The maximum absolute atomic E-state index is 13.0. The lowest BCUT2D eigenvalue weighted by atomic mass is 10.1. The molecule has 0 unspecified atom stereocenters. The van der Waals surface area contributed by atoms with Gasteiger partial charge in [0.1, 0.15) is 17.2 Å². The molecule has 162 valence electrons. The maximum atomic E-state index is 13.0. The van der Waals surface area contributed by atoms with Crippen molar-refractivity contribution in [3.63, 3.8) is 0 Å². The SMILES string of the molecule is COc1cc(NS(=O)(=O)c2ccc(OC)c(C(=O)N3CCCC3)c2)c(OC)cc1Cl. The molecule has 1 aliphatic heterocycles. The molecule has 1 N–H and O–H groups in total. The molecule has 0 aromatic heterocycles. The fourth-order valence-corrected chi connectivity index (χ4v) is 4.57. The highest BCUT2D eigenvalue weighted by Crippen LogP contribution is 2.37. The summed E-state index contributed by atoms with van der Waals surface area (Å²) in [4.78, 5) is 14.5. The third-order valence-corrected chi connectivity index (χ3v) is 6.48. The standard InChI is InChI=1S/C20H23ClN2O6S/c1-27-17-7-6-13(10-14(17)20(24)23-8-4-5-9-23)30(25,26)22-16-12-18(28-2)15(21)11-19(16)29-3/h6-7,10-12,22H,4-5,8-9H2,1-3H3. The number of amides is 1. The molecule has 30 heavy (non-hydrogen) atoms. The first-order valence-corrected chi connectivity index (χ1v) is 11.1. The van der Waals surface area contributed by atoms with Crippen molar-refractivity contribution in [1.29, 1.82) is 0 Å². The van der Waals surface area contributed by atoms with E-state index in [1.165, 1.54) is 51.7 Å². The highest BCUT2D eigenvalue weighted by atomic mass is 35.5. The lowest BCUT2D eigenvalue weighted by Gasteiger charge is -2.18. The van der Waals surface area contributed by atoms with E-state index in [2.05, 4.69) is 4.72 Å². The molecule has 1 fully saturated rings. The first-order valence-electron chi connectivity index (χ1n) is 9.22. The molecule has 2 aromatic rings. The number of benzene rings is 2. The maximum Gasteiger partial charge on any atom is 0.262 e. The summed E-state index contributed by atoms with van der Waals surface area (Å²) < 4.78 is 44.2. The quantitative estimate of drug-likeness (QED) is 0.689. The van der Waals surface area contributed by atoms with Gasteiger partial charge in [-0.2, -0.15) is 0 Å². The number of rotatable bonds is 7. The molecular formula is C20H23ClN2O6S. The first kappa shape index (κ1) is 22.0. The molecule has 8 nitrogen and oxygen atoms in total. The number of nitrogens with one attached hydrogen (secondary N) is 1. The fraction of sp³-hybridized carbons (Fsp3) is 0.350. The molecule has 1 amide bonds. The molecule has 0 spiro atoms. The molecule has 1 saturated heterocycles. The van der Waals surface area contributed by atoms with Gasteiger partial charge >= 0.3 is 0 Å². The molecule has 0 bridgehead atoms. The van der Waals surface area contributed by atoms with E-state index in [0.29, 0.717) is 18.8 Å². The lowest BCUT2D eigenvalue weighted by molar-refractivity contribution is 0.0789. The lowest BCUT2D eigenvalue weighted by Crippen LogP contribution is -2.28. The van der Waals surface area contributed by atoms with Crippen molar-refractivity contribution in [2.45, 2.75) is 17.7 Å². The summed E-state index contributed by atoms with van der Waals surface area (Å²) in [6, 6.07) is 7.05. The van der Waals surface area contributed by atoms with Crippen LogP contribution in [0.2, 0.25) is 5.02 Å². The zero-order valence-corrected chi connectivity index (χ0v) is 18.5. The number of halogens is 1. The van der Waals surface area contributed by atoms with Crippen LogP contribution in [0.3, 0.4) is 0 Å². The Morgan fingerprint density at radius 2 is 1.60 bits per heavy atom. The summed E-state index contributed by atoms with van der Waals surface area (Å²) in [7, 11) is 0.216. The molecule has 0 saturated carbocycles. The van der Waals surface area contributed by atoms with Crippen molar-refractivity contribution in [2.24, 2.45) is 0 Å². The van der Waals surface area contributed by atoms with Crippen LogP contribution in [0.1, 0.15) is 23.2 Å². The predicted molar refractivity (Wildman–Crippen MR) is 113 cm³/mol. The second-order valence-corrected chi connectivity index (χ2v) is 8.74. The zero-order valence-electron chi connectivity index (χ0n) is 16.9. The van der Waals surface area contributed by atoms with Crippen LogP contribution in [0.15, 0.2) is 35.2 Å². The monoisotopic (exact) mass is 454 g/mol. The topological polar surface area (TPSA) is 94.2 Å². The van der Waals surface area contributed by atoms with Crippen molar-refractivity contribution < 1.29 is 27.4 Å². The van der Waals surface area contributed by atoms with Crippen LogP contribution in [-0.4, -0.2) is 53.6 Å². The van der Waals surface area contributed by atoms with Gasteiger partial charge < -0.3 is 19.1 Å². The van der Waals surface area contributed by atoms with Crippen molar-refractivity contribution >= 4 is 33.2 Å². The number of nitrogens with zero attached hydrogens (tertiary/aromatic N) is 1. The summed E-state index contributed by atoms with van der Waals surface area (Å²) in [6.45, 7) is 1.28. The summed E-state index contributed by atoms with van der Waals surface area (Å²) in [5.74, 6) is 0.574. The number of hydrogen-bond acceptors (Lipinski definition) is 6. The van der Waals surface area contributed by atoms with Crippen LogP contribution in [0, 0.1) is 0 Å². The van der Waals surface area contributed by atoms with Gasteiger partial charge in [0.2, 0.25) is 0 Å². The molecule has 1 heterocycles. The Balaban J connectivity index is 1.99. The van der Waals surface area contributed by atoms with Crippen LogP contribution < -0.4 is 18.9 Å². The third-order valence-electron chi connectivity index (χ3n) is 4.82. The van der Waals surface area contributed by atoms with Crippen molar-refractivity contribution in [3.05, 3.63) is 40.9 Å². The normalized spacial score (nSPS) is 13.8. The zero-order chi connectivity index (χ0) is 21.9. The van der Waals surface area contributed by atoms with E-state index in [-0.39, 0.29) is 38.6 Å². The van der Waals surface area contributed by atoms with Crippen molar-refractivity contribution in [2.75, 3.05) is 39.1 Å². The second kappa shape index (κ2) is 9.01. The summed E-state index contributed by atoms with van der Waals surface area (Å²) in [5, 5.41) is 0.278. The molecule has 0 radical (unpaired) electrons. The molecule has 1 aliphatic rings. The number of methoxy groups -OCH3 is 3. The molecule has 3 rings (SSSR count). The number of sulfonamides is 1. The number of ether oxygens (including phenoxy) is 3. The average Bonchev–Trinajstić information content (AvgIpc) is 3.28. The van der Waals surface area contributed by atoms with Crippen LogP contribution in [-0.2, 0) is 10.0 Å². The average molecular weight is 455 g/mol. The predicted octanol–water partition coefficient (Wildman–Crippen LogP) is 3.40. The number of likely N-dealkylation sites (tertiary alicyclic amines) is 1. The summed E-state index contributed by atoms with van der Waals surface area (Å²) in [6.07, 6.45) is 1.84. The summed E-state index contributed by atoms with van der Waals surface area (Å²) in [5.41, 5.74) is 0.352. The van der Waals surface area contributed by atoms with Gasteiger partial charge in [0.15, 0.2) is 0 Å². The van der Waals surface area contributed by atoms with Crippen LogP contribution in [0.4, 0.5) is 5.69 Å². The molecular weight excluding hydrogens is 432 g/mol. The van der Waals surface area contributed by atoms with Crippen LogP contribution in [0.5, 0.6) is 17.2 Å². The Morgan fingerprint density at radius 1 is 0.967 bits per heavy atom. The second-order valence-electron chi connectivity index (χ2n) is 6.65. The highest BCUT2D eigenvalue weighted by Gasteiger charge is 2.26. The minimum Gasteiger partial charge on any atom is -0.496 e.